The number of nitrogen functional groups attached to an aromatic ring is 1. The highest BCUT2D eigenvalue weighted by Crippen LogP contribution is 2.28. The molecule has 92 valence electrons. The molecule has 0 radical (unpaired) electrons. The van der Waals surface area contributed by atoms with Crippen LogP contribution in [0.25, 0.3) is 0 Å². The number of ether oxygens (including phenoxy) is 1. The molecular formula is C12H9BrFN3O. The molecule has 0 spiro atoms. The lowest BCUT2D eigenvalue weighted by Crippen LogP contribution is -2.14. The molecule has 0 aliphatic carbocycles. The lowest BCUT2D eigenvalue weighted by molar-refractivity contribution is 0.439. The molecule has 1 aromatic carbocycles. The summed E-state index contributed by atoms with van der Waals surface area (Å²) in [5.41, 5.74) is 5.55. The Balaban J connectivity index is 2.37. The number of aromatic nitrogens is 1. The first-order valence-corrected chi connectivity index (χ1v) is 5.79. The molecule has 0 unspecified atom stereocenters. The molecule has 6 heteroatoms. The Morgan fingerprint density at radius 1 is 1.33 bits per heavy atom. The maximum Gasteiger partial charge on any atom is 0.166 e. The third-order valence-electron chi connectivity index (χ3n) is 2.14. The largest absolute Gasteiger partial charge is 0.452 e. The molecule has 0 aliphatic heterocycles. The van der Waals surface area contributed by atoms with Crippen LogP contribution in [0.15, 0.2) is 41.0 Å². The molecule has 0 amide bonds. The molecule has 0 saturated carbocycles. The second-order valence-corrected chi connectivity index (χ2v) is 4.36. The van der Waals surface area contributed by atoms with Crippen molar-refractivity contribution in [2.24, 2.45) is 5.73 Å². The summed E-state index contributed by atoms with van der Waals surface area (Å²) in [7, 11) is 0. The summed E-state index contributed by atoms with van der Waals surface area (Å²) >= 11 is 3.16. The number of pyridine rings is 1. The molecule has 2 rings (SSSR count). The van der Waals surface area contributed by atoms with Gasteiger partial charge in [0.25, 0.3) is 0 Å². The minimum atomic E-state index is -0.511. The average Bonchev–Trinajstić information content (AvgIpc) is 2.33. The quantitative estimate of drug-likeness (QED) is 0.676. The van der Waals surface area contributed by atoms with Crippen molar-refractivity contribution < 1.29 is 9.13 Å². The van der Waals surface area contributed by atoms with Crippen molar-refractivity contribution in [3.63, 3.8) is 0 Å². The van der Waals surface area contributed by atoms with Gasteiger partial charge in [-0.25, -0.2) is 9.37 Å². The highest BCUT2D eigenvalue weighted by molar-refractivity contribution is 9.10. The molecule has 3 N–H and O–H groups in total. The molecule has 1 aromatic heterocycles. The summed E-state index contributed by atoms with van der Waals surface area (Å²) in [6.45, 7) is 0. The van der Waals surface area contributed by atoms with Crippen LogP contribution < -0.4 is 10.5 Å². The Kier molecular flexibility index (Phi) is 3.57. The van der Waals surface area contributed by atoms with E-state index >= 15 is 0 Å². The van der Waals surface area contributed by atoms with E-state index in [-0.39, 0.29) is 23.0 Å². The molecule has 0 atom stereocenters. The molecule has 0 saturated heterocycles. The van der Waals surface area contributed by atoms with Gasteiger partial charge in [0.1, 0.15) is 11.5 Å². The predicted molar refractivity (Wildman–Crippen MR) is 69.4 cm³/mol. The van der Waals surface area contributed by atoms with Gasteiger partial charge in [0, 0.05) is 10.7 Å². The first-order chi connectivity index (χ1) is 8.58. The number of amidine groups is 1. The smallest absolute Gasteiger partial charge is 0.166 e. The van der Waals surface area contributed by atoms with Crippen LogP contribution in [0.3, 0.4) is 0 Å². The minimum absolute atomic E-state index is 0.0497. The van der Waals surface area contributed by atoms with Crippen LogP contribution in [0.5, 0.6) is 11.5 Å². The second kappa shape index (κ2) is 5.14. The van der Waals surface area contributed by atoms with E-state index in [4.69, 9.17) is 15.9 Å². The lowest BCUT2D eigenvalue weighted by atomic mass is 10.3. The Hall–Kier alpha value is -1.95. The van der Waals surface area contributed by atoms with Gasteiger partial charge in [0.2, 0.25) is 0 Å². The number of halogens is 2. The van der Waals surface area contributed by atoms with Crippen LogP contribution in [0, 0.1) is 11.2 Å². The zero-order valence-corrected chi connectivity index (χ0v) is 10.7. The topological polar surface area (TPSA) is 72.0 Å². The Bertz CT molecular complexity index is 604. The summed E-state index contributed by atoms with van der Waals surface area (Å²) in [5, 5.41) is 7.36. The van der Waals surface area contributed by atoms with Crippen LogP contribution >= 0.6 is 15.9 Å². The van der Waals surface area contributed by atoms with Crippen LogP contribution in [0.1, 0.15) is 5.69 Å². The van der Waals surface area contributed by atoms with E-state index in [0.717, 1.165) is 0 Å². The van der Waals surface area contributed by atoms with Crippen molar-refractivity contribution in [3.8, 4) is 11.5 Å². The Morgan fingerprint density at radius 3 is 2.78 bits per heavy atom. The minimum Gasteiger partial charge on any atom is -0.452 e. The highest BCUT2D eigenvalue weighted by atomic mass is 79.9. The van der Waals surface area contributed by atoms with Crippen LogP contribution in [-0.2, 0) is 0 Å². The van der Waals surface area contributed by atoms with Crippen molar-refractivity contribution in [3.05, 3.63) is 52.5 Å². The molecule has 4 nitrogen and oxygen atoms in total. The molecule has 18 heavy (non-hydrogen) atoms. The lowest BCUT2D eigenvalue weighted by Gasteiger charge is -2.09. The first kappa shape index (κ1) is 12.5. The predicted octanol–water partition coefficient (Wildman–Crippen LogP) is 3.06. The van der Waals surface area contributed by atoms with E-state index in [2.05, 4.69) is 20.9 Å². The maximum absolute atomic E-state index is 13.6. The number of nitrogens with one attached hydrogen (secondary N) is 1. The van der Waals surface area contributed by atoms with Gasteiger partial charge in [-0.2, -0.15) is 0 Å². The van der Waals surface area contributed by atoms with Gasteiger partial charge in [-0.15, -0.1) is 0 Å². The number of hydrogen-bond acceptors (Lipinski definition) is 3. The second-order valence-electron chi connectivity index (χ2n) is 3.44. The van der Waals surface area contributed by atoms with Gasteiger partial charge >= 0.3 is 0 Å². The van der Waals surface area contributed by atoms with Crippen LogP contribution in [0.2, 0.25) is 0 Å². The summed E-state index contributed by atoms with van der Waals surface area (Å²) in [4.78, 5) is 3.92. The van der Waals surface area contributed by atoms with E-state index in [1.54, 1.807) is 18.2 Å². The Morgan fingerprint density at radius 2 is 2.11 bits per heavy atom. The van der Waals surface area contributed by atoms with Gasteiger partial charge in [0.05, 0.1) is 0 Å². The number of nitrogens with two attached hydrogens (primary N) is 1. The maximum atomic E-state index is 13.6. The summed E-state index contributed by atoms with van der Waals surface area (Å²) in [6, 6.07) is 7.63. The standard InChI is InChI=1S/C12H9BrFN3O/c13-7-3-4-9(8(14)6-7)18-10-2-1-5-17-11(10)12(15)16/h1-6H,(H3,15,16). The third kappa shape index (κ3) is 2.65. The fourth-order valence-electron chi connectivity index (χ4n) is 1.35. The fourth-order valence-corrected chi connectivity index (χ4v) is 1.68. The highest BCUT2D eigenvalue weighted by Gasteiger charge is 2.11. The van der Waals surface area contributed by atoms with E-state index in [0.29, 0.717) is 4.47 Å². The monoisotopic (exact) mass is 309 g/mol. The van der Waals surface area contributed by atoms with Crippen molar-refractivity contribution in [1.82, 2.24) is 4.98 Å². The van der Waals surface area contributed by atoms with Gasteiger partial charge < -0.3 is 10.5 Å². The SMILES string of the molecule is N=C(N)c1ncccc1Oc1ccc(Br)cc1F. The number of rotatable bonds is 3. The number of hydrogen-bond donors (Lipinski definition) is 2. The summed E-state index contributed by atoms with van der Waals surface area (Å²) < 4.78 is 19.6. The van der Waals surface area contributed by atoms with E-state index in [9.17, 15) is 4.39 Å². The number of benzene rings is 1. The van der Waals surface area contributed by atoms with Crippen molar-refractivity contribution in [1.29, 1.82) is 5.41 Å². The average molecular weight is 310 g/mol. The van der Waals surface area contributed by atoms with Crippen LogP contribution in [-0.4, -0.2) is 10.8 Å². The molecule has 1 heterocycles. The van der Waals surface area contributed by atoms with E-state index in [1.807, 2.05) is 0 Å². The van der Waals surface area contributed by atoms with Gasteiger partial charge in [-0.05, 0) is 30.3 Å². The molecule has 0 bridgehead atoms. The van der Waals surface area contributed by atoms with Crippen molar-refractivity contribution >= 4 is 21.8 Å². The van der Waals surface area contributed by atoms with Gasteiger partial charge in [-0.1, -0.05) is 15.9 Å². The normalized spacial score (nSPS) is 10.1. The molecule has 2 aromatic rings. The van der Waals surface area contributed by atoms with Gasteiger partial charge in [0.15, 0.2) is 17.3 Å². The van der Waals surface area contributed by atoms with Gasteiger partial charge in [-0.3, -0.25) is 5.41 Å². The third-order valence-corrected chi connectivity index (χ3v) is 2.63. The zero-order chi connectivity index (χ0) is 13.1. The van der Waals surface area contributed by atoms with E-state index < -0.39 is 5.82 Å². The number of nitrogens with zero attached hydrogens (tertiary/aromatic N) is 1. The molecule has 0 aliphatic rings. The zero-order valence-electron chi connectivity index (χ0n) is 9.15. The fraction of sp³-hybridized carbons (Fsp3) is 0. The van der Waals surface area contributed by atoms with Crippen molar-refractivity contribution in [2.75, 3.05) is 0 Å². The van der Waals surface area contributed by atoms with E-state index in [1.165, 1.54) is 18.3 Å². The molecule has 0 fully saturated rings. The Labute approximate surface area is 111 Å². The molecular weight excluding hydrogens is 301 g/mol. The first-order valence-electron chi connectivity index (χ1n) is 5.00. The van der Waals surface area contributed by atoms with Crippen molar-refractivity contribution in [2.45, 2.75) is 0 Å². The summed E-state index contributed by atoms with van der Waals surface area (Å²) in [6.07, 6.45) is 1.49. The summed E-state index contributed by atoms with van der Waals surface area (Å²) in [5.74, 6) is -0.453. The van der Waals surface area contributed by atoms with Crippen LogP contribution in [0.4, 0.5) is 4.39 Å².